The van der Waals surface area contributed by atoms with Crippen molar-refractivity contribution in [1.82, 2.24) is 0 Å². The molecular formula is C13H18N2OS. The van der Waals surface area contributed by atoms with Gasteiger partial charge in [-0.1, -0.05) is 13.0 Å². The molecule has 1 amide bonds. The lowest BCUT2D eigenvalue weighted by Crippen LogP contribution is -2.18. The Kier molecular flexibility index (Phi) is 4.07. The van der Waals surface area contributed by atoms with Gasteiger partial charge in [-0.25, -0.2) is 0 Å². The summed E-state index contributed by atoms with van der Waals surface area (Å²) in [7, 11) is 0. The van der Waals surface area contributed by atoms with Gasteiger partial charge in [0.15, 0.2) is 0 Å². The predicted octanol–water partition coefficient (Wildman–Crippen LogP) is 2.26. The van der Waals surface area contributed by atoms with Crippen molar-refractivity contribution in [3.63, 3.8) is 0 Å². The Labute approximate surface area is 106 Å². The molecule has 1 aliphatic heterocycles. The largest absolute Gasteiger partial charge is 0.330 e. The van der Waals surface area contributed by atoms with E-state index in [0.717, 1.165) is 25.1 Å². The molecule has 1 atom stereocenters. The molecule has 1 unspecified atom stereocenters. The Balaban J connectivity index is 2.08. The number of hydrogen-bond donors (Lipinski definition) is 2. The number of nitrogens with one attached hydrogen (secondary N) is 1. The Hall–Kier alpha value is -1.00. The summed E-state index contributed by atoms with van der Waals surface area (Å²) in [6.45, 7) is 2.97. The van der Waals surface area contributed by atoms with Gasteiger partial charge in [-0.05, 0) is 43.0 Å². The number of hydrogen-bond acceptors (Lipinski definition) is 3. The average Bonchev–Trinajstić information content (AvgIpc) is 2.29. The molecule has 17 heavy (non-hydrogen) atoms. The lowest BCUT2D eigenvalue weighted by atomic mass is 9.98. The molecule has 0 fully saturated rings. The highest BCUT2D eigenvalue weighted by molar-refractivity contribution is 8.00. The zero-order valence-corrected chi connectivity index (χ0v) is 10.8. The molecule has 0 radical (unpaired) electrons. The predicted molar refractivity (Wildman–Crippen MR) is 72.3 cm³/mol. The van der Waals surface area contributed by atoms with Crippen LogP contribution in [0, 0.1) is 5.92 Å². The molecule has 92 valence electrons. The van der Waals surface area contributed by atoms with E-state index >= 15 is 0 Å². The molecule has 0 aromatic heterocycles. The maximum Gasteiger partial charge on any atom is 0.234 e. The fourth-order valence-electron chi connectivity index (χ4n) is 2.03. The van der Waals surface area contributed by atoms with Crippen LogP contribution in [0.15, 0.2) is 23.1 Å². The second kappa shape index (κ2) is 5.56. The summed E-state index contributed by atoms with van der Waals surface area (Å²) in [6, 6.07) is 6.29. The summed E-state index contributed by atoms with van der Waals surface area (Å²) >= 11 is 1.61. The molecule has 0 bridgehead atoms. The van der Waals surface area contributed by atoms with Gasteiger partial charge in [0.1, 0.15) is 0 Å². The number of benzene rings is 1. The van der Waals surface area contributed by atoms with E-state index in [0.29, 0.717) is 11.7 Å². The van der Waals surface area contributed by atoms with Gasteiger partial charge >= 0.3 is 0 Å². The number of carbonyl (C=O) groups excluding carboxylic acids is 1. The number of nitrogens with two attached hydrogens (primary N) is 1. The third kappa shape index (κ3) is 3.23. The van der Waals surface area contributed by atoms with E-state index < -0.39 is 0 Å². The number of amides is 1. The summed E-state index contributed by atoms with van der Waals surface area (Å²) in [6.07, 6.45) is 2.11. The molecule has 1 heterocycles. The third-order valence-corrected chi connectivity index (χ3v) is 3.98. The van der Waals surface area contributed by atoms with Crippen LogP contribution >= 0.6 is 11.8 Å². The van der Waals surface area contributed by atoms with Crippen molar-refractivity contribution < 1.29 is 4.79 Å². The molecular weight excluding hydrogens is 232 g/mol. The monoisotopic (exact) mass is 250 g/mol. The van der Waals surface area contributed by atoms with Crippen molar-refractivity contribution in [1.29, 1.82) is 0 Å². The highest BCUT2D eigenvalue weighted by atomic mass is 32.2. The summed E-state index contributed by atoms with van der Waals surface area (Å²) in [5.74, 6) is 1.22. The van der Waals surface area contributed by atoms with Crippen molar-refractivity contribution >= 4 is 23.4 Å². The van der Waals surface area contributed by atoms with Crippen LogP contribution in [0.5, 0.6) is 0 Å². The molecule has 0 saturated carbocycles. The first-order valence-corrected chi connectivity index (χ1v) is 6.93. The number of fused-ring (bicyclic) bond motifs is 1. The maximum absolute atomic E-state index is 11.2. The Morgan fingerprint density at radius 2 is 2.35 bits per heavy atom. The third-order valence-electron chi connectivity index (χ3n) is 2.92. The van der Waals surface area contributed by atoms with Gasteiger partial charge in [-0.2, -0.15) is 0 Å². The molecule has 4 heteroatoms. The normalized spacial score (nSPS) is 16.2. The molecule has 1 aromatic rings. The van der Waals surface area contributed by atoms with Crippen LogP contribution in [-0.2, 0) is 11.2 Å². The number of carbonyl (C=O) groups is 1. The first kappa shape index (κ1) is 12.5. The zero-order valence-electron chi connectivity index (χ0n) is 10.0. The van der Waals surface area contributed by atoms with Crippen molar-refractivity contribution in [3.8, 4) is 0 Å². The van der Waals surface area contributed by atoms with Crippen molar-refractivity contribution in [3.05, 3.63) is 23.8 Å². The zero-order chi connectivity index (χ0) is 12.3. The number of thioether (sulfide) groups is 1. The number of anilines is 1. The first-order valence-electron chi connectivity index (χ1n) is 5.94. The quantitative estimate of drug-likeness (QED) is 0.862. The Bertz CT molecular complexity index is 420. The minimum Gasteiger partial charge on any atom is -0.330 e. The van der Waals surface area contributed by atoms with E-state index in [1.54, 1.807) is 11.8 Å². The van der Waals surface area contributed by atoms with E-state index in [1.165, 1.54) is 10.5 Å². The molecule has 1 aromatic carbocycles. The molecule has 3 N–H and O–H groups in total. The van der Waals surface area contributed by atoms with Gasteiger partial charge in [0.2, 0.25) is 5.91 Å². The average molecular weight is 250 g/mol. The lowest BCUT2D eigenvalue weighted by Gasteiger charge is -2.18. The van der Waals surface area contributed by atoms with Crippen LogP contribution in [0.3, 0.4) is 0 Å². The minimum absolute atomic E-state index is 0.0896. The van der Waals surface area contributed by atoms with Crippen LogP contribution in [0.25, 0.3) is 0 Å². The van der Waals surface area contributed by atoms with Crippen LogP contribution in [0.4, 0.5) is 5.69 Å². The summed E-state index contributed by atoms with van der Waals surface area (Å²) < 4.78 is 0. The van der Waals surface area contributed by atoms with Gasteiger partial charge < -0.3 is 11.1 Å². The van der Waals surface area contributed by atoms with Crippen molar-refractivity contribution in [2.24, 2.45) is 11.7 Å². The molecule has 1 aliphatic rings. The van der Waals surface area contributed by atoms with Gasteiger partial charge in [-0.3, -0.25) is 4.79 Å². The maximum atomic E-state index is 11.2. The highest BCUT2D eigenvalue weighted by Crippen LogP contribution is 2.32. The van der Waals surface area contributed by atoms with Gasteiger partial charge in [-0.15, -0.1) is 11.8 Å². The van der Waals surface area contributed by atoms with Gasteiger partial charge in [0.05, 0.1) is 11.4 Å². The van der Waals surface area contributed by atoms with Crippen LogP contribution in [0.2, 0.25) is 0 Å². The smallest absolute Gasteiger partial charge is 0.234 e. The van der Waals surface area contributed by atoms with E-state index in [4.69, 9.17) is 5.73 Å². The second-order valence-electron chi connectivity index (χ2n) is 4.55. The van der Waals surface area contributed by atoms with E-state index in [1.807, 2.05) is 6.07 Å². The van der Waals surface area contributed by atoms with E-state index in [-0.39, 0.29) is 5.91 Å². The second-order valence-corrected chi connectivity index (χ2v) is 5.57. The van der Waals surface area contributed by atoms with Gasteiger partial charge in [0, 0.05) is 4.90 Å². The van der Waals surface area contributed by atoms with Crippen LogP contribution < -0.4 is 11.1 Å². The van der Waals surface area contributed by atoms with Crippen LogP contribution in [0.1, 0.15) is 18.9 Å². The lowest BCUT2D eigenvalue weighted by molar-refractivity contribution is -0.113. The molecule has 3 nitrogen and oxygen atoms in total. The summed E-state index contributed by atoms with van der Waals surface area (Å²) in [4.78, 5) is 12.4. The SMILES string of the molecule is CC(CCN)Cc1ccc2c(c1)SCC(=O)N2. The van der Waals surface area contributed by atoms with Crippen molar-refractivity contribution in [2.75, 3.05) is 17.6 Å². The topological polar surface area (TPSA) is 55.1 Å². The van der Waals surface area contributed by atoms with Gasteiger partial charge in [0.25, 0.3) is 0 Å². The van der Waals surface area contributed by atoms with Crippen LogP contribution in [-0.4, -0.2) is 18.2 Å². The van der Waals surface area contributed by atoms with E-state index in [9.17, 15) is 4.79 Å². The molecule has 2 rings (SSSR count). The van der Waals surface area contributed by atoms with E-state index in [2.05, 4.69) is 24.4 Å². The number of rotatable bonds is 4. The fourth-order valence-corrected chi connectivity index (χ4v) is 2.90. The molecule has 0 saturated heterocycles. The first-order chi connectivity index (χ1) is 8.19. The molecule has 0 spiro atoms. The Morgan fingerprint density at radius 3 is 3.12 bits per heavy atom. The summed E-state index contributed by atoms with van der Waals surface area (Å²) in [5, 5.41) is 2.89. The summed E-state index contributed by atoms with van der Waals surface area (Å²) in [5.41, 5.74) is 7.83. The minimum atomic E-state index is 0.0896. The fraction of sp³-hybridized carbons (Fsp3) is 0.462. The Morgan fingerprint density at radius 1 is 1.53 bits per heavy atom. The van der Waals surface area contributed by atoms with Crippen molar-refractivity contribution in [2.45, 2.75) is 24.7 Å². The standard InChI is InChI=1S/C13H18N2OS/c1-9(4-5-14)6-10-2-3-11-12(7-10)17-8-13(16)15-11/h2-3,7,9H,4-6,8,14H2,1H3,(H,15,16). The highest BCUT2D eigenvalue weighted by Gasteiger charge is 2.15. The molecule has 0 aliphatic carbocycles.